The highest BCUT2D eigenvalue weighted by Gasteiger charge is 2.50. The number of likely N-dealkylation sites (tertiary alicyclic amines) is 1. The van der Waals surface area contributed by atoms with E-state index in [-0.39, 0.29) is 23.7 Å². The lowest BCUT2D eigenvalue weighted by Crippen LogP contribution is -2.59. The number of benzene rings is 1. The molecule has 1 aromatic carbocycles. The average Bonchev–Trinajstić information content (AvgIpc) is 3.20. The summed E-state index contributed by atoms with van der Waals surface area (Å²) < 4.78 is 15.6. The Morgan fingerprint density at radius 1 is 1.14 bits per heavy atom. The molecule has 3 atom stereocenters. The molecule has 3 heterocycles. The van der Waals surface area contributed by atoms with Crippen LogP contribution in [0.1, 0.15) is 48.3 Å². The molecule has 0 spiro atoms. The minimum Gasteiger partial charge on any atom is -0.385 e. The normalized spacial score (nSPS) is 27.0. The summed E-state index contributed by atoms with van der Waals surface area (Å²) in [6.45, 7) is 0.454. The van der Waals surface area contributed by atoms with Crippen molar-refractivity contribution in [3.63, 3.8) is 0 Å². The number of piperidine rings is 1. The predicted octanol–water partition coefficient (Wildman–Crippen LogP) is 3.77. The van der Waals surface area contributed by atoms with Crippen LogP contribution in [0.15, 0.2) is 54.9 Å². The molecule has 1 saturated heterocycles. The molecule has 2 aliphatic rings. The molecule has 1 N–H and O–H groups in total. The largest absolute Gasteiger partial charge is 0.385 e. The second-order valence-corrected chi connectivity index (χ2v) is 8.19. The minimum atomic E-state index is -0.927. The van der Waals surface area contributed by atoms with Crippen molar-refractivity contribution in [3.8, 4) is 0 Å². The minimum absolute atomic E-state index is 0.0145. The van der Waals surface area contributed by atoms with Crippen LogP contribution in [0.3, 0.4) is 0 Å². The quantitative estimate of drug-likeness (QED) is 0.721. The Bertz CT molecular complexity index is 1050. The van der Waals surface area contributed by atoms with Gasteiger partial charge in [-0.2, -0.15) is 0 Å². The Balaban J connectivity index is 1.50. The van der Waals surface area contributed by atoms with Gasteiger partial charge in [0.1, 0.15) is 11.3 Å². The molecule has 1 aliphatic carbocycles. The van der Waals surface area contributed by atoms with Crippen molar-refractivity contribution in [2.45, 2.75) is 43.7 Å². The number of amides is 1. The molecule has 29 heavy (non-hydrogen) atoms. The number of imidazole rings is 1. The van der Waals surface area contributed by atoms with Crippen molar-refractivity contribution in [3.05, 3.63) is 72.1 Å². The Morgan fingerprint density at radius 2 is 1.93 bits per heavy atom. The van der Waals surface area contributed by atoms with Crippen molar-refractivity contribution in [1.82, 2.24) is 14.3 Å². The number of rotatable bonds is 2. The number of halogens is 1. The zero-order valence-corrected chi connectivity index (χ0v) is 16.2. The fourth-order valence-corrected chi connectivity index (χ4v) is 5.29. The molecule has 2 aromatic heterocycles. The van der Waals surface area contributed by atoms with Crippen molar-refractivity contribution in [2.75, 3.05) is 6.54 Å². The monoisotopic (exact) mass is 393 g/mol. The molecule has 0 radical (unpaired) electrons. The molecular formula is C23H24FN3O2. The van der Waals surface area contributed by atoms with Gasteiger partial charge in [-0.25, -0.2) is 9.37 Å². The van der Waals surface area contributed by atoms with Gasteiger partial charge in [0, 0.05) is 24.7 Å². The summed E-state index contributed by atoms with van der Waals surface area (Å²) >= 11 is 0. The number of hydrogen-bond donors (Lipinski definition) is 1. The highest BCUT2D eigenvalue weighted by molar-refractivity contribution is 5.92. The average molecular weight is 393 g/mol. The van der Waals surface area contributed by atoms with Gasteiger partial charge in [-0.1, -0.05) is 43.2 Å². The van der Waals surface area contributed by atoms with E-state index in [2.05, 4.69) is 4.98 Å². The summed E-state index contributed by atoms with van der Waals surface area (Å²) in [7, 11) is 0. The number of pyridine rings is 1. The Kier molecular flexibility index (Phi) is 4.39. The highest BCUT2D eigenvalue weighted by atomic mass is 19.1. The molecule has 1 amide bonds. The number of aliphatic hydroxyl groups is 1. The first-order chi connectivity index (χ1) is 14.1. The molecule has 150 valence electrons. The van der Waals surface area contributed by atoms with Gasteiger partial charge in [0.15, 0.2) is 0 Å². The van der Waals surface area contributed by atoms with E-state index in [1.165, 1.54) is 16.7 Å². The van der Waals surface area contributed by atoms with Crippen LogP contribution in [0.4, 0.5) is 4.39 Å². The van der Waals surface area contributed by atoms with Crippen molar-refractivity contribution in [2.24, 2.45) is 5.92 Å². The zero-order chi connectivity index (χ0) is 20.0. The van der Waals surface area contributed by atoms with Crippen LogP contribution >= 0.6 is 0 Å². The zero-order valence-electron chi connectivity index (χ0n) is 16.2. The van der Waals surface area contributed by atoms with Gasteiger partial charge < -0.3 is 10.0 Å². The maximum atomic E-state index is 14.0. The van der Waals surface area contributed by atoms with Crippen LogP contribution in [-0.4, -0.2) is 37.9 Å². The van der Waals surface area contributed by atoms with Gasteiger partial charge in [-0.15, -0.1) is 0 Å². The number of fused-ring (bicyclic) bond motifs is 2. The van der Waals surface area contributed by atoms with Crippen molar-refractivity contribution >= 4 is 11.4 Å². The SMILES string of the molecule is O=C(c1ncc2c(F)cccn12)N1CC[C@](O)(c2ccccc2)[C@H]2CCCC[C@H]21. The van der Waals surface area contributed by atoms with Crippen molar-refractivity contribution < 1.29 is 14.3 Å². The molecule has 1 aliphatic heterocycles. The Hall–Kier alpha value is -2.73. The molecule has 1 saturated carbocycles. The van der Waals surface area contributed by atoms with E-state index in [4.69, 9.17) is 0 Å². The van der Waals surface area contributed by atoms with Crippen LogP contribution < -0.4 is 0 Å². The van der Waals surface area contributed by atoms with Gasteiger partial charge in [-0.3, -0.25) is 9.20 Å². The molecule has 0 bridgehead atoms. The molecule has 0 unspecified atom stereocenters. The second kappa shape index (κ2) is 6.95. The van der Waals surface area contributed by atoms with E-state index < -0.39 is 11.4 Å². The first-order valence-electron chi connectivity index (χ1n) is 10.3. The molecule has 2 fully saturated rings. The molecule has 5 nitrogen and oxygen atoms in total. The van der Waals surface area contributed by atoms with E-state index in [1.54, 1.807) is 12.3 Å². The number of aromatic nitrogens is 2. The fourth-order valence-electron chi connectivity index (χ4n) is 5.29. The Labute approximate surface area is 168 Å². The maximum absolute atomic E-state index is 14.0. The lowest BCUT2D eigenvalue weighted by Gasteiger charge is -2.52. The third kappa shape index (κ3) is 2.85. The third-order valence-electron chi connectivity index (χ3n) is 6.72. The van der Waals surface area contributed by atoms with E-state index >= 15 is 0 Å². The molecule has 3 aromatic rings. The third-order valence-corrected chi connectivity index (χ3v) is 6.72. The second-order valence-electron chi connectivity index (χ2n) is 8.19. The fraction of sp³-hybridized carbons (Fsp3) is 0.391. The van der Waals surface area contributed by atoms with Crippen molar-refractivity contribution in [1.29, 1.82) is 0 Å². The molecular weight excluding hydrogens is 369 g/mol. The molecule has 6 heteroatoms. The highest BCUT2D eigenvalue weighted by Crippen LogP contribution is 2.47. The van der Waals surface area contributed by atoms with Gasteiger partial charge in [-0.05, 0) is 37.0 Å². The van der Waals surface area contributed by atoms with E-state index in [9.17, 15) is 14.3 Å². The van der Waals surface area contributed by atoms with Crippen LogP contribution in [0.2, 0.25) is 0 Å². The van der Waals surface area contributed by atoms with Gasteiger partial charge in [0.25, 0.3) is 5.91 Å². The lowest BCUT2D eigenvalue weighted by atomic mass is 9.66. The van der Waals surface area contributed by atoms with Crippen LogP contribution in [-0.2, 0) is 5.60 Å². The van der Waals surface area contributed by atoms with Crippen LogP contribution in [0.5, 0.6) is 0 Å². The van der Waals surface area contributed by atoms with Gasteiger partial charge in [0.05, 0.1) is 11.8 Å². The topological polar surface area (TPSA) is 57.8 Å². The van der Waals surface area contributed by atoms with Crippen LogP contribution in [0.25, 0.3) is 5.52 Å². The first-order valence-corrected chi connectivity index (χ1v) is 10.3. The number of carbonyl (C=O) groups is 1. The van der Waals surface area contributed by atoms with E-state index in [0.29, 0.717) is 18.5 Å². The summed E-state index contributed by atoms with van der Waals surface area (Å²) in [6, 6.07) is 12.7. The summed E-state index contributed by atoms with van der Waals surface area (Å²) in [4.78, 5) is 19.5. The van der Waals surface area contributed by atoms with E-state index in [0.717, 1.165) is 31.2 Å². The smallest absolute Gasteiger partial charge is 0.290 e. The van der Waals surface area contributed by atoms with Crippen LogP contribution in [0, 0.1) is 11.7 Å². The summed E-state index contributed by atoms with van der Waals surface area (Å²) in [5.41, 5.74) is 0.301. The number of nitrogens with zero attached hydrogens (tertiary/aromatic N) is 3. The summed E-state index contributed by atoms with van der Waals surface area (Å²) in [5, 5.41) is 11.7. The first kappa shape index (κ1) is 18.3. The molecule has 5 rings (SSSR count). The summed E-state index contributed by atoms with van der Waals surface area (Å²) in [6.07, 6.45) is 7.40. The number of hydrogen-bond acceptors (Lipinski definition) is 3. The summed E-state index contributed by atoms with van der Waals surface area (Å²) in [5.74, 6) is -0.373. The van der Waals surface area contributed by atoms with Gasteiger partial charge >= 0.3 is 0 Å². The van der Waals surface area contributed by atoms with Gasteiger partial charge in [0.2, 0.25) is 5.82 Å². The predicted molar refractivity (Wildman–Crippen MR) is 107 cm³/mol. The standard InChI is InChI=1S/C23H24FN3O2/c24-18-10-6-13-26-20(18)15-25-21(26)22(28)27-14-12-23(29,16-7-2-1-3-8-16)17-9-4-5-11-19(17)27/h1-3,6-8,10,13,15,17,19,29H,4-5,9,11-12,14H2/t17-,19+,23-/m0/s1. The number of carbonyl (C=O) groups excluding carboxylic acids is 1. The maximum Gasteiger partial charge on any atom is 0.290 e. The Morgan fingerprint density at radius 3 is 2.76 bits per heavy atom. The van der Waals surface area contributed by atoms with E-state index in [1.807, 2.05) is 35.2 Å². The lowest BCUT2D eigenvalue weighted by molar-refractivity contribution is -0.110.